The normalized spacial score (nSPS) is 10.5. The second kappa shape index (κ2) is 10.2. The third-order valence-corrected chi connectivity index (χ3v) is 5.55. The number of anilines is 1. The maximum absolute atomic E-state index is 13.9. The first-order chi connectivity index (χ1) is 13.8. The highest BCUT2D eigenvalue weighted by Crippen LogP contribution is 2.35. The van der Waals surface area contributed by atoms with Crippen molar-refractivity contribution >= 4 is 34.1 Å². The fourth-order valence-corrected chi connectivity index (χ4v) is 4.13. The summed E-state index contributed by atoms with van der Waals surface area (Å²) in [7, 11) is 1.23. The molecule has 0 atom stereocenters. The summed E-state index contributed by atoms with van der Waals surface area (Å²) >= 11 is 1.00. The molecule has 0 saturated heterocycles. The van der Waals surface area contributed by atoms with E-state index in [1.54, 1.807) is 17.9 Å². The number of nitrogens with one attached hydrogen (secondary N) is 1. The lowest BCUT2D eigenvalue weighted by atomic mass is 10.1. The number of hydrogen-bond acceptors (Lipinski definition) is 5. The summed E-state index contributed by atoms with van der Waals surface area (Å²) in [4.78, 5) is 40.0. The number of methoxy groups -OCH3 is 1. The Kier molecular flexibility index (Phi) is 7.90. The molecule has 0 aliphatic carbocycles. The third-order valence-electron chi connectivity index (χ3n) is 4.35. The van der Waals surface area contributed by atoms with Crippen molar-refractivity contribution in [1.29, 1.82) is 0 Å². The zero-order chi connectivity index (χ0) is 21.6. The van der Waals surface area contributed by atoms with Crippen LogP contribution in [0, 0.1) is 12.7 Å². The van der Waals surface area contributed by atoms with Crippen LogP contribution in [0.5, 0.6) is 0 Å². The van der Waals surface area contributed by atoms with Crippen LogP contribution in [0.3, 0.4) is 0 Å². The van der Waals surface area contributed by atoms with Crippen molar-refractivity contribution in [3.63, 3.8) is 0 Å². The van der Waals surface area contributed by atoms with Gasteiger partial charge in [-0.15, -0.1) is 11.3 Å². The van der Waals surface area contributed by atoms with Crippen molar-refractivity contribution in [2.75, 3.05) is 25.5 Å². The lowest BCUT2D eigenvalue weighted by Crippen LogP contribution is -2.32. The van der Waals surface area contributed by atoms with Crippen LogP contribution in [0.2, 0.25) is 0 Å². The van der Waals surface area contributed by atoms with Crippen molar-refractivity contribution in [3.05, 3.63) is 51.7 Å². The zero-order valence-electron chi connectivity index (χ0n) is 17.0. The topological polar surface area (TPSA) is 75.7 Å². The summed E-state index contributed by atoms with van der Waals surface area (Å²) in [6.07, 6.45) is 1.60. The molecular weight excluding hydrogens is 395 g/mol. The summed E-state index contributed by atoms with van der Waals surface area (Å²) in [5, 5.41) is 2.74. The molecule has 2 aromatic rings. The smallest absolute Gasteiger partial charge is 0.341 e. The fourth-order valence-electron chi connectivity index (χ4n) is 2.97. The minimum absolute atomic E-state index is 0.110. The van der Waals surface area contributed by atoms with E-state index in [0.717, 1.165) is 24.2 Å². The maximum atomic E-state index is 13.9. The average molecular weight is 421 g/mol. The van der Waals surface area contributed by atoms with Crippen LogP contribution < -0.4 is 5.32 Å². The van der Waals surface area contributed by atoms with Gasteiger partial charge in [0.15, 0.2) is 0 Å². The van der Waals surface area contributed by atoms with Crippen molar-refractivity contribution < 1.29 is 23.5 Å². The molecule has 2 rings (SSSR count). The Morgan fingerprint density at radius 2 is 1.76 bits per heavy atom. The lowest BCUT2D eigenvalue weighted by molar-refractivity contribution is 0.0601. The Morgan fingerprint density at radius 1 is 1.14 bits per heavy atom. The monoisotopic (exact) mass is 420 g/mol. The number of ether oxygens (including phenoxy) is 1. The van der Waals surface area contributed by atoms with E-state index in [4.69, 9.17) is 4.74 Å². The third kappa shape index (κ3) is 5.00. The molecule has 0 aliphatic heterocycles. The standard InChI is InChI=1S/C21H25FN2O4S/c1-5-11-24(12-6-2)20(26)17-13(3)16(21(27)28-4)19(29-17)23-18(25)14-9-7-8-10-15(14)22/h7-10H,5-6,11-12H2,1-4H3,(H,23,25). The number of halogens is 1. The summed E-state index contributed by atoms with van der Waals surface area (Å²) in [6, 6.07) is 5.55. The quantitative estimate of drug-likeness (QED) is 0.638. The van der Waals surface area contributed by atoms with E-state index in [0.29, 0.717) is 23.5 Å². The van der Waals surface area contributed by atoms with Crippen molar-refractivity contribution in [3.8, 4) is 0 Å². The van der Waals surface area contributed by atoms with Gasteiger partial charge in [-0.1, -0.05) is 26.0 Å². The van der Waals surface area contributed by atoms with Gasteiger partial charge in [0.25, 0.3) is 11.8 Å². The molecule has 0 unspecified atom stereocenters. The second-order valence-corrected chi connectivity index (χ2v) is 7.50. The molecule has 0 bridgehead atoms. The first kappa shape index (κ1) is 22.5. The Bertz CT molecular complexity index is 904. The predicted octanol–water partition coefficient (Wildman–Crippen LogP) is 4.50. The van der Waals surface area contributed by atoms with Crippen LogP contribution in [0.15, 0.2) is 24.3 Å². The van der Waals surface area contributed by atoms with Crippen LogP contribution in [-0.2, 0) is 4.74 Å². The van der Waals surface area contributed by atoms with E-state index in [2.05, 4.69) is 5.32 Å². The molecule has 0 fully saturated rings. The lowest BCUT2D eigenvalue weighted by Gasteiger charge is -2.21. The summed E-state index contributed by atoms with van der Waals surface area (Å²) in [5.74, 6) is -2.24. The van der Waals surface area contributed by atoms with Gasteiger partial charge in [0, 0.05) is 13.1 Å². The van der Waals surface area contributed by atoms with Crippen LogP contribution in [0.4, 0.5) is 9.39 Å². The molecule has 0 spiro atoms. The molecule has 156 valence electrons. The molecule has 1 aromatic heterocycles. The van der Waals surface area contributed by atoms with Crippen molar-refractivity contribution in [2.24, 2.45) is 0 Å². The number of hydrogen-bond donors (Lipinski definition) is 1. The number of amides is 2. The number of carbonyl (C=O) groups excluding carboxylic acids is 3. The Hall–Kier alpha value is -2.74. The van der Waals surface area contributed by atoms with Crippen LogP contribution >= 0.6 is 11.3 Å². The van der Waals surface area contributed by atoms with E-state index >= 15 is 0 Å². The molecule has 1 heterocycles. The molecule has 6 nitrogen and oxygen atoms in total. The minimum atomic E-state index is -0.701. The summed E-state index contributed by atoms with van der Waals surface area (Å²) < 4.78 is 18.8. The molecule has 1 aromatic carbocycles. The number of benzene rings is 1. The average Bonchev–Trinajstić information content (AvgIpc) is 3.02. The minimum Gasteiger partial charge on any atom is -0.465 e. The summed E-state index contributed by atoms with van der Waals surface area (Å²) in [6.45, 7) is 6.79. The first-order valence-corrected chi connectivity index (χ1v) is 10.2. The first-order valence-electron chi connectivity index (χ1n) is 9.42. The Morgan fingerprint density at radius 3 is 2.31 bits per heavy atom. The maximum Gasteiger partial charge on any atom is 0.341 e. The number of thiophene rings is 1. The molecule has 2 amide bonds. The molecule has 29 heavy (non-hydrogen) atoms. The van der Waals surface area contributed by atoms with E-state index < -0.39 is 17.7 Å². The molecule has 8 heteroatoms. The van der Waals surface area contributed by atoms with Gasteiger partial charge in [0.05, 0.1) is 23.1 Å². The SMILES string of the molecule is CCCN(CCC)C(=O)c1sc(NC(=O)c2ccccc2F)c(C(=O)OC)c1C. The van der Waals surface area contributed by atoms with Gasteiger partial charge >= 0.3 is 5.97 Å². The molecule has 0 aliphatic rings. The number of nitrogens with zero attached hydrogens (tertiary/aromatic N) is 1. The van der Waals surface area contributed by atoms with Crippen molar-refractivity contribution in [2.45, 2.75) is 33.6 Å². The number of carbonyl (C=O) groups is 3. The van der Waals surface area contributed by atoms with E-state index in [9.17, 15) is 18.8 Å². The molecule has 0 radical (unpaired) electrons. The van der Waals surface area contributed by atoms with Gasteiger partial charge in [-0.2, -0.15) is 0 Å². The van der Waals surface area contributed by atoms with E-state index in [1.165, 1.54) is 25.3 Å². The molecular formula is C21H25FN2O4S. The van der Waals surface area contributed by atoms with Gasteiger partial charge in [0.2, 0.25) is 0 Å². The van der Waals surface area contributed by atoms with E-state index in [1.807, 2.05) is 13.8 Å². The highest BCUT2D eigenvalue weighted by molar-refractivity contribution is 7.18. The highest BCUT2D eigenvalue weighted by Gasteiger charge is 2.28. The van der Waals surface area contributed by atoms with Crippen LogP contribution in [0.25, 0.3) is 0 Å². The Labute approximate surface area is 173 Å². The number of rotatable bonds is 8. The van der Waals surface area contributed by atoms with Gasteiger partial charge in [-0.3, -0.25) is 9.59 Å². The van der Waals surface area contributed by atoms with Gasteiger partial charge in [0.1, 0.15) is 10.8 Å². The van der Waals surface area contributed by atoms with Gasteiger partial charge in [-0.25, -0.2) is 9.18 Å². The van der Waals surface area contributed by atoms with Gasteiger partial charge in [-0.05, 0) is 37.5 Å². The van der Waals surface area contributed by atoms with Crippen LogP contribution in [0.1, 0.15) is 62.6 Å². The van der Waals surface area contributed by atoms with Crippen molar-refractivity contribution in [1.82, 2.24) is 4.90 Å². The largest absolute Gasteiger partial charge is 0.465 e. The predicted molar refractivity (Wildman–Crippen MR) is 111 cm³/mol. The second-order valence-electron chi connectivity index (χ2n) is 6.48. The zero-order valence-corrected chi connectivity index (χ0v) is 17.8. The number of esters is 1. The fraction of sp³-hybridized carbons (Fsp3) is 0.381. The van der Waals surface area contributed by atoms with E-state index in [-0.39, 0.29) is 22.0 Å². The molecule has 1 N–H and O–H groups in total. The highest BCUT2D eigenvalue weighted by atomic mass is 32.1. The Balaban J connectivity index is 2.45. The van der Waals surface area contributed by atoms with Crippen LogP contribution in [-0.4, -0.2) is 42.9 Å². The summed E-state index contributed by atoms with van der Waals surface area (Å²) in [5.41, 5.74) is 0.396. The molecule has 0 saturated carbocycles. The van der Waals surface area contributed by atoms with Gasteiger partial charge < -0.3 is 15.0 Å².